The highest BCUT2D eigenvalue weighted by molar-refractivity contribution is 5.85. The summed E-state index contributed by atoms with van der Waals surface area (Å²) in [4.78, 5) is 23.7. The van der Waals surface area contributed by atoms with Crippen LogP contribution in [-0.2, 0) is 33.6 Å². The van der Waals surface area contributed by atoms with Crippen molar-refractivity contribution < 1.29 is 24.2 Å². The molecule has 39 heavy (non-hydrogen) atoms. The van der Waals surface area contributed by atoms with Gasteiger partial charge in [0, 0.05) is 18.5 Å². The third kappa shape index (κ3) is 9.87. The number of nitriles is 1. The van der Waals surface area contributed by atoms with Crippen molar-refractivity contribution in [1.82, 2.24) is 5.32 Å². The summed E-state index contributed by atoms with van der Waals surface area (Å²) in [6, 6.07) is 15.8. The first kappa shape index (κ1) is 32.1. The lowest BCUT2D eigenvalue weighted by molar-refractivity contribution is -0.160. The number of fused-ring (bicyclic) bond motifs is 1. The van der Waals surface area contributed by atoms with Gasteiger partial charge in [-0.1, -0.05) is 30.3 Å². The van der Waals surface area contributed by atoms with Gasteiger partial charge in [0.2, 0.25) is 0 Å². The number of carboxylic acids is 1. The minimum absolute atomic E-state index is 0. The highest BCUT2D eigenvalue weighted by Gasteiger charge is 2.31. The molecule has 1 atom stereocenters. The van der Waals surface area contributed by atoms with Crippen molar-refractivity contribution in [2.24, 2.45) is 11.3 Å². The first-order chi connectivity index (χ1) is 17.9. The maximum absolute atomic E-state index is 12.7. The van der Waals surface area contributed by atoms with Crippen LogP contribution >= 0.6 is 12.4 Å². The molecule has 3 rings (SSSR count). The van der Waals surface area contributed by atoms with Crippen molar-refractivity contribution in [2.75, 3.05) is 13.2 Å². The lowest BCUT2D eigenvalue weighted by atomic mass is 9.88. The van der Waals surface area contributed by atoms with Gasteiger partial charge in [-0.3, -0.25) is 9.59 Å². The lowest BCUT2D eigenvalue weighted by Gasteiger charge is -2.32. The fourth-order valence-corrected chi connectivity index (χ4v) is 4.81. The number of hydrogen-bond donors (Lipinski definition) is 2. The standard InChI is InChI=1S/C31H40N2O5.ClH/c1-30(2,3)29(36)38-26(20-37-27-16-21(11-13-28(34)35)10-12-25(27)18-32)19-33-31(4,5)17-22-14-23-8-6-7-9-24(23)15-22;/h6-10,12,16,22,26,33H,11,13-15,17,19-20H2,1-5H3,(H,34,35);1H/t26-;/m0./s1. The van der Waals surface area contributed by atoms with Crippen molar-refractivity contribution in [3.8, 4) is 11.8 Å². The predicted molar refractivity (Wildman–Crippen MR) is 153 cm³/mol. The molecule has 0 unspecified atom stereocenters. The molecular formula is C31H41ClN2O5. The van der Waals surface area contributed by atoms with Crippen molar-refractivity contribution in [3.63, 3.8) is 0 Å². The highest BCUT2D eigenvalue weighted by Crippen LogP contribution is 2.32. The summed E-state index contributed by atoms with van der Waals surface area (Å²) in [5, 5.41) is 22.1. The Morgan fingerprint density at radius 2 is 1.74 bits per heavy atom. The summed E-state index contributed by atoms with van der Waals surface area (Å²) in [7, 11) is 0. The van der Waals surface area contributed by atoms with Crippen LogP contribution < -0.4 is 10.1 Å². The molecule has 0 saturated heterocycles. The zero-order valence-electron chi connectivity index (χ0n) is 23.6. The van der Waals surface area contributed by atoms with Gasteiger partial charge in [-0.05, 0) is 95.0 Å². The van der Waals surface area contributed by atoms with Gasteiger partial charge in [0.25, 0.3) is 0 Å². The number of ether oxygens (including phenoxy) is 2. The summed E-state index contributed by atoms with van der Waals surface area (Å²) in [6.07, 6.45) is 2.87. The van der Waals surface area contributed by atoms with Crippen LogP contribution in [0.25, 0.3) is 0 Å². The number of halogens is 1. The zero-order valence-corrected chi connectivity index (χ0v) is 24.4. The molecule has 0 aliphatic heterocycles. The first-order valence-electron chi connectivity index (χ1n) is 13.3. The minimum Gasteiger partial charge on any atom is -0.488 e. The van der Waals surface area contributed by atoms with Gasteiger partial charge in [-0.25, -0.2) is 0 Å². The second-order valence-corrected chi connectivity index (χ2v) is 11.9. The van der Waals surface area contributed by atoms with E-state index >= 15 is 0 Å². The van der Waals surface area contributed by atoms with Crippen molar-refractivity contribution in [2.45, 2.75) is 78.4 Å². The number of benzene rings is 2. The molecule has 2 N–H and O–H groups in total. The summed E-state index contributed by atoms with van der Waals surface area (Å²) in [5.74, 6) is -0.308. The Morgan fingerprint density at radius 3 is 2.31 bits per heavy atom. The molecule has 0 heterocycles. The molecular weight excluding hydrogens is 516 g/mol. The van der Waals surface area contributed by atoms with Crippen LogP contribution in [0.4, 0.5) is 0 Å². The van der Waals surface area contributed by atoms with Crippen molar-refractivity contribution in [3.05, 3.63) is 64.7 Å². The predicted octanol–water partition coefficient (Wildman–Crippen LogP) is 5.51. The van der Waals surface area contributed by atoms with E-state index in [2.05, 4.69) is 49.5 Å². The van der Waals surface area contributed by atoms with E-state index in [1.165, 1.54) is 11.1 Å². The average Bonchev–Trinajstić information content (AvgIpc) is 3.25. The molecule has 1 aliphatic carbocycles. The number of aliphatic carboxylic acids is 1. The molecule has 0 spiro atoms. The van der Waals surface area contributed by atoms with Gasteiger partial charge in [0.1, 0.15) is 24.5 Å². The van der Waals surface area contributed by atoms with E-state index in [1.807, 2.05) is 20.8 Å². The molecule has 0 aromatic heterocycles. The van der Waals surface area contributed by atoms with E-state index in [4.69, 9.17) is 14.6 Å². The average molecular weight is 557 g/mol. The van der Waals surface area contributed by atoms with Gasteiger partial charge < -0.3 is 19.9 Å². The second kappa shape index (κ2) is 13.8. The Hall–Kier alpha value is -3.08. The molecule has 0 radical (unpaired) electrons. The largest absolute Gasteiger partial charge is 0.488 e. The van der Waals surface area contributed by atoms with Gasteiger partial charge in [-0.2, -0.15) is 5.26 Å². The fourth-order valence-electron chi connectivity index (χ4n) is 4.81. The Morgan fingerprint density at radius 1 is 1.10 bits per heavy atom. The van der Waals surface area contributed by atoms with E-state index in [-0.39, 0.29) is 36.9 Å². The van der Waals surface area contributed by atoms with Crippen LogP contribution in [0.15, 0.2) is 42.5 Å². The van der Waals surface area contributed by atoms with E-state index in [0.717, 1.165) is 24.8 Å². The van der Waals surface area contributed by atoms with Crippen LogP contribution in [0.3, 0.4) is 0 Å². The summed E-state index contributed by atoms with van der Waals surface area (Å²) >= 11 is 0. The second-order valence-electron chi connectivity index (χ2n) is 11.9. The fraction of sp³-hybridized carbons (Fsp3) is 0.516. The summed E-state index contributed by atoms with van der Waals surface area (Å²) in [6.45, 7) is 10.2. The smallest absolute Gasteiger partial charge is 0.311 e. The number of carbonyl (C=O) groups is 2. The maximum Gasteiger partial charge on any atom is 0.311 e. The van der Waals surface area contributed by atoms with Gasteiger partial charge >= 0.3 is 11.9 Å². The number of carbonyl (C=O) groups excluding carboxylic acids is 1. The van der Waals surface area contributed by atoms with Gasteiger partial charge in [0.15, 0.2) is 0 Å². The van der Waals surface area contributed by atoms with Crippen LogP contribution in [0.5, 0.6) is 5.75 Å². The molecule has 8 heteroatoms. The number of esters is 1. The number of aryl methyl sites for hydroxylation is 1. The highest BCUT2D eigenvalue weighted by atomic mass is 35.5. The molecule has 2 aromatic carbocycles. The quantitative estimate of drug-likeness (QED) is 0.332. The van der Waals surface area contributed by atoms with Gasteiger partial charge in [0.05, 0.1) is 11.0 Å². The number of nitrogens with one attached hydrogen (secondary N) is 1. The summed E-state index contributed by atoms with van der Waals surface area (Å²) < 4.78 is 11.9. The Labute approximate surface area is 238 Å². The van der Waals surface area contributed by atoms with Crippen LogP contribution in [0, 0.1) is 22.7 Å². The molecule has 0 bridgehead atoms. The Bertz CT molecular complexity index is 1160. The van der Waals surface area contributed by atoms with E-state index in [1.54, 1.807) is 18.2 Å². The summed E-state index contributed by atoms with van der Waals surface area (Å²) in [5.41, 5.74) is 3.11. The lowest BCUT2D eigenvalue weighted by Crippen LogP contribution is -2.47. The normalized spacial score (nSPS) is 14.1. The first-order valence-corrected chi connectivity index (χ1v) is 13.3. The monoisotopic (exact) mass is 556 g/mol. The molecule has 0 saturated carbocycles. The minimum atomic E-state index is -0.888. The Kier molecular flexibility index (Phi) is 11.4. The number of carboxylic acid groups (broad SMARTS) is 1. The van der Waals surface area contributed by atoms with Crippen molar-refractivity contribution in [1.29, 1.82) is 5.26 Å². The third-order valence-electron chi connectivity index (χ3n) is 6.85. The Balaban J connectivity index is 0.00000533. The van der Waals surface area contributed by atoms with Crippen LogP contribution in [-0.4, -0.2) is 41.8 Å². The molecule has 0 fully saturated rings. The molecule has 212 valence electrons. The molecule has 2 aromatic rings. The zero-order chi connectivity index (χ0) is 27.9. The van der Waals surface area contributed by atoms with E-state index < -0.39 is 17.5 Å². The number of hydrogen-bond acceptors (Lipinski definition) is 6. The number of nitrogens with zero attached hydrogens (tertiary/aromatic N) is 1. The van der Waals surface area contributed by atoms with E-state index in [9.17, 15) is 14.9 Å². The van der Waals surface area contributed by atoms with E-state index in [0.29, 0.717) is 30.2 Å². The maximum atomic E-state index is 12.7. The molecule has 0 amide bonds. The number of rotatable bonds is 12. The van der Waals surface area contributed by atoms with Crippen molar-refractivity contribution >= 4 is 24.3 Å². The van der Waals surface area contributed by atoms with Gasteiger partial charge in [-0.15, -0.1) is 12.4 Å². The third-order valence-corrected chi connectivity index (χ3v) is 6.85. The SMILES string of the molecule is CC(C)(CC1Cc2ccccc2C1)NC[C@@H](COc1cc(CCC(=O)O)ccc1C#N)OC(=O)C(C)(C)C.Cl. The molecule has 7 nitrogen and oxygen atoms in total. The topological polar surface area (TPSA) is 109 Å². The van der Waals surface area contributed by atoms with Crippen LogP contribution in [0.2, 0.25) is 0 Å². The van der Waals surface area contributed by atoms with Crippen LogP contribution in [0.1, 0.15) is 69.7 Å². The molecule has 1 aliphatic rings.